The maximum Gasteiger partial charge on any atom is 0.279 e. The van der Waals surface area contributed by atoms with Crippen molar-refractivity contribution in [3.8, 4) is 0 Å². The lowest BCUT2D eigenvalue weighted by Crippen LogP contribution is -2.37. The number of methoxy groups -OCH3 is 1. The number of sulfonamides is 1. The van der Waals surface area contributed by atoms with Gasteiger partial charge in [-0.3, -0.25) is 4.79 Å². The highest BCUT2D eigenvalue weighted by molar-refractivity contribution is 7.89. The predicted octanol–water partition coefficient (Wildman–Crippen LogP) is 5.01. The van der Waals surface area contributed by atoms with E-state index in [0.717, 1.165) is 10.2 Å². The molecule has 0 unspecified atom stereocenters. The number of rotatable bonds is 10. The molecule has 2 aromatic carbocycles. The Balaban J connectivity index is 1.96. The SMILES string of the molecule is COCCn1c(=NC(=O)c2ccc(S(=O)(=O)N(CC(C)C)CC(C)C)cc2)sc2cc(C)c(C)cc21. The molecule has 36 heavy (non-hydrogen) atoms. The molecule has 0 saturated carbocycles. The van der Waals surface area contributed by atoms with Gasteiger partial charge in [0.05, 0.1) is 21.7 Å². The number of benzene rings is 2. The molecule has 0 aliphatic carbocycles. The van der Waals surface area contributed by atoms with Crippen LogP contribution in [-0.4, -0.2) is 50.0 Å². The van der Waals surface area contributed by atoms with Crippen LogP contribution in [0.2, 0.25) is 0 Å². The Hall–Kier alpha value is -2.33. The fourth-order valence-electron chi connectivity index (χ4n) is 3.96. The van der Waals surface area contributed by atoms with Gasteiger partial charge in [0.2, 0.25) is 10.0 Å². The summed E-state index contributed by atoms with van der Waals surface area (Å²) in [5.74, 6) is 0.0000560. The molecule has 0 bridgehead atoms. The highest BCUT2D eigenvalue weighted by atomic mass is 32.2. The van der Waals surface area contributed by atoms with Crippen molar-refractivity contribution in [1.82, 2.24) is 8.87 Å². The third-order valence-corrected chi connectivity index (χ3v) is 8.78. The van der Waals surface area contributed by atoms with Crippen LogP contribution in [0.3, 0.4) is 0 Å². The van der Waals surface area contributed by atoms with E-state index >= 15 is 0 Å². The first kappa shape index (κ1) is 28.2. The molecule has 0 radical (unpaired) electrons. The van der Waals surface area contributed by atoms with E-state index < -0.39 is 15.9 Å². The van der Waals surface area contributed by atoms with Gasteiger partial charge in [-0.15, -0.1) is 0 Å². The molecule has 9 heteroatoms. The van der Waals surface area contributed by atoms with Gasteiger partial charge in [-0.1, -0.05) is 39.0 Å². The Morgan fingerprint density at radius 1 is 1.03 bits per heavy atom. The van der Waals surface area contributed by atoms with Gasteiger partial charge in [0.1, 0.15) is 0 Å². The molecule has 3 rings (SSSR count). The van der Waals surface area contributed by atoms with Crippen molar-refractivity contribution >= 4 is 37.5 Å². The summed E-state index contributed by atoms with van der Waals surface area (Å²) in [6.45, 7) is 14.1. The molecule has 1 heterocycles. The van der Waals surface area contributed by atoms with Gasteiger partial charge >= 0.3 is 0 Å². The normalized spacial score (nSPS) is 13.0. The first-order valence-corrected chi connectivity index (χ1v) is 14.5. The molecular weight excluding hydrogens is 494 g/mol. The summed E-state index contributed by atoms with van der Waals surface area (Å²) in [6, 6.07) is 10.3. The lowest BCUT2D eigenvalue weighted by molar-refractivity contribution is 0.0997. The first-order chi connectivity index (χ1) is 16.9. The number of hydrogen-bond donors (Lipinski definition) is 0. The number of amides is 1. The Labute approximate surface area is 218 Å². The van der Waals surface area contributed by atoms with Gasteiger partial charge in [0, 0.05) is 32.3 Å². The number of carbonyl (C=O) groups excluding carboxylic acids is 1. The number of fused-ring (bicyclic) bond motifs is 1. The molecule has 0 aliphatic rings. The van der Waals surface area contributed by atoms with Crippen molar-refractivity contribution in [3.05, 3.63) is 57.9 Å². The number of aromatic nitrogens is 1. The van der Waals surface area contributed by atoms with Crippen molar-refractivity contribution < 1.29 is 17.9 Å². The van der Waals surface area contributed by atoms with Crippen LogP contribution in [0.25, 0.3) is 10.2 Å². The standard InChI is InChI=1S/C27H37N3O4S2/c1-18(2)16-29(17-19(3)4)36(32,33)23-10-8-22(9-11-23)26(31)28-27-30(12-13-34-7)24-14-20(5)21(6)15-25(24)35-27/h8-11,14-15,18-19H,12-13,16-17H2,1-7H3. The van der Waals surface area contributed by atoms with Gasteiger partial charge in [-0.05, 0) is 73.2 Å². The van der Waals surface area contributed by atoms with E-state index in [1.807, 2.05) is 32.3 Å². The zero-order valence-corrected chi connectivity index (χ0v) is 23.9. The van der Waals surface area contributed by atoms with Crippen LogP contribution in [0.5, 0.6) is 0 Å². The number of aryl methyl sites for hydroxylation is 2. The molecule has 3 aromatic rings. The number of ether oxygens (including phenoxy) is 1. The number of carbonyl (C=O) groups is 1. The lowest BCUT2D eigenvalue weighted by atomic mass is 10.1. The molecule has 0 fully saturated rings. The summed E-state index contributed by atoms with van der Waals surface area (Å²) < 4.78 is 36.4. The van der Waals surface area contributed by atoms with Crippen LogP contribution in [0.15, 0.2) is 46.3 Å². The van der Waals surface area contributed by atoms with Gasteiger partial charge in [-0.25, -0.2) is 8.42 Å². The third kappa shape index (κ3) is 6.51. The van der Waals surface area contributed by atoms with Crippen LogP contribution in [0, 0.1) is 25.7 Å². The quantitative estimate of drug-likeness (QED) is 0.368. The smallest absolute Gasteiger partial charge is 0.279 e. The molecule has 0 aliphatic heterocycles. The molecule has 0 spiro atoms. The fourth-order valence-corrected chi connectivity index (χ4v) is 6.86. The largest absolute Gasteiger partial charge is 0.383 e. The third-order valence-electron chi connectivity index (χ3n) is 5.89. The van der Waals surface area contributed by atoms with Gasteiger partial charge < -0.3 is 9.30 Å². The van der Waals surface area contributed by atoms with Gasteiger partial charge in [-0.2, -0.15) is 9.30 Å². The minimum absolute atomic E-state index is 0.184. The molecule has 0 saturated heterocycles. The van der Waals surface area contributed by atoms with E-state index in [1.165, 1.54) is 38.9 Å². The minimum Gasteiger partial charge on any atom is -0.383 e. The predicted molar refractivity (Wildman–Crippen MR) is 146 cm³/mol. The van der Waals surface area contributed by atoms with Crippen LogP contribution < -0.4 is 4.80 Å². The van der Waals surface area contributed by atoms with Gasteiger partial charge in [0.15, 0.2) is 4.80 Å². The van der Waals surface area contributed by atoms with Crippen molar-refractivity contribution in [1.29, 1.82) is 0 Å². The highest BCUT2D eigenvalue weighted by Crippen LogP contribution is 2.23. The molecule has 7 nitrogen and oxygen atoms in total. The minimum atomic E-state index is -3.66. The van der Waals surface area contributed by atoms with Crippen LogP contribution in [0.1, 0.15) is 49.2 Å². The maximum atomic E-state index is 13.3. The van der Waals surface area contributed by atoms with E-state index in [9.17, 15) is 13.2 Å². The van der Waals surface area contributed by atoms with Crippen molar-refractivity contribution in [3.63, 3.8) is 0 Å². The summed E-state index contributed by atoms with van der Waals surface area (Å²) in [5, 5.41) is 0. The number of nitrogens with zero attached hydrogens (tertiary/aromatic N) is 3. The average Bonchev–Trinajstić information content (AvgIpc) is 3.12. The Bertz CT molecular complexity index is 1370. The summed E-state index contributed by atoms with van der Waals surface area (Å²) in [4.78, 5) is 18.3. The molecule has 0 atom stereocenters. The van der Waals surface area contributed by atoms with Crippen LogP contribution >= 0.6 is 11.3 Å². The van der Waals surface area contributed by atoms with Crippen molar-refractivity contribution in [2.45, 2.75) is 53.0 Å². The number of hydrogen-bond acceptors (Lipinski definition) is 5. The first-order valence-electron chi connectivity index (χ1n) is 12.2. The molecule has 1 amide bonds. The zero-order valence-electron chi connectivity index (χ0n) is 22.2. The molecular formula is C27H37N3O4S2. The summed E-state index contributed by atoms with van der Waals surface area (Å²) in [5.41, 5.74) is 3.71. The Morgan fingerprint density at radius 3 is 2.17 bits per heavy atom. The molecule has 196 valence electrons. The Morgan fingerprint density at radius 2 is 1.61 bits per heavy atom. The van der Waals surface area contributed by atoms with Gasteiger partial charge in [0.25, 0.3) is 5.91 Å². The summed E-state index contributed by atoms with van der Waals surface area (Å²) in [7, 11) is -2.02. The van der Waals surface area contributed by atoms with E-state index in [1.54, 1.807) is 19.2 Å². The van der Waals surface area contributed by atoms with Crippen LogP contribution in [-0.2, 0) is 21.3 Å². The van der Waals surface area contributed by atoms with Crippen molar-refractivity contribution in [2.24, 2.45) is 16.8 Å². The topological polar surface area (TPSA) is 81.0 Å². The highest BCUT2D eigenvalue weighted by Gasteiger charge is 2.26. The maximum absolute atomic E-state index is 13.3. The van der Waals surface area contributed by atoms with E-state index in [4.69, 9.17) is 4.74 Å². The summed E-state index contributed by atoms with van der Waals surface area (Å²) in [6.07, 6.45) is 0. The zero-order chi connectivity index (χ0) is 26.6. The second-order valence-electron chi connectivity index (χ2n) is 9.98. The second-order valence-corrected chi connectivity index (χ2v) is 12.9. The Kier molecular flexibility index (Phi) is 9.27. The fraction of sp³-hybridized carbons (Fsp3) is 0.481. The molecule has 0 N–H and O–H groups in total. The van der Waals surface area contributed by atoms with E-state index in [2.05, 4.69) is 31.0 Å². The number of thiazole rings is 1. The summed E-state index contributed by atoms with van der Waals surface area (Å²) >= 11 is 1.46. The monoisotopic (exact) mass is 531 g/mol. The van der Waals surface area contributed by atoms with E-state index in [0.29, 0.717) is 36.6 Å². The molecule has 1 aromatic heterocycles. The lowest BCUT2D eigenvalue weighted by Gasteiger charge is -2.25. The van der Waals surface area contributed by atoms with E-state index in [-0.39, 0.29) is 16.7 Å². The van der Waals surface area contributed by atoms with Crippen LogP contribution in [0.4, 0.5) is 0 Å². The second kappa shape index (κ2) is 11.8. The average molecular weight is 532 g/mol. The van der Waals surface area contributed by atoms with Crippen molar-refractivity contribution in [2.75, 3.05) is 26.8 Å².